The lowest BCUT2D eigenvalue weighted by Gasteiger charge is -2.07. The van der Waals surface area contributed by atoms with Gasteiger partial charge in [0, 0.05) is 0 Å². The quantitative estimate of drug-likeness (QED) is 0.281. The van der Waals surface area contributed by atoms with E-state index < -0.39 is 0 Å². The lowest BCUT2D eigenvalue weighted by molar-refractivity contribution is 0.101. The molecule has 0 fully saturated rings. The Morgan fingerprint density at radius 3 is 2.72 bits per heavy atom. The molecular formula is C12H13N3O2S. The standard InChI is InChI=1S/C12H13N3O2S/c1-7-4-9(8(2)16)11(17)10(5-7)15-12(18-3)14-6-13/h4-5,17H,1-3H3,(H,14,15). The van der Waals surface area contributed by atoms with Crippen LogP contribution in [0.4, 0.5) is 5.69 Å². The maximum Gasteiger partial charge on any atom is 0.183 e. The monoisotopic (exact) mass is 263 g/mol. The number of benzene rings is 1. The number of aryl methyl sites for hydroxylation is 1. The molecule has 0 aromatic heterocycles. The van der Waals surface area contributed by atoms with Gasteiger partial charge in [-0.05, 0) is 37.8 Å². The molecule has 18 heavy (non-hydrogen) atoms. The molecule has 1 aromatic carbocycles. The minimum atomic E-state index is -0.230. The molecule has 0 radical (unpaired) electrons. The number of hydrogen-bond acceptors (Lipinski definition) is 5. The number of nitrogens with one attached hydrogen (secondary N) is 1. The Morgan fingerprint density at radius 1 is 1.56 bits per heavy atom. The first-order chi connectivity index (χ1) is 8.49. The van der Waals surface area contributed by atoms with Crippen molar-refractivity contribution < 1.29 is 9.90 Å². The summed E-state index contributed by atoms with van der Waals surface area (Å²) in [6, 6.07) is 3.25. The molecule has 0 atom stereocenters. The number of aromatic hydroxyl groups is 1. The van der Waals surface area contributed by atoms with Crippen LogP contribution in [-0.2, 0) is 0 Å². The van der Waals surface area contributed by atoms with Crippen LogP contribution in [-0.4, -0.2) is 22.3 Å². The number of rotatable bonds is 2. The number of Topliss-reactive ketones (excluding diaryl/α,β-unsaturated/α-hetero) is 1. The minimum absolute atomic E-state index is 0.167. The molecule has 0 aliphatic rings. The molecule has 0 aliphatic carbocycles. The van der Waals surface area contributed by atoms with Crippen LogP contribution in [0.1, 0.15) is 22.8 Å². The second-order valence-electron chi connectivity index (χ2n) is 3.59. The fraction of sp³-hybridized carbons (Fsp3) is 0.250. The number of amidine groups is 1. The molecule has 0 heterocycles. The number of hydrogen-bond donors (Lipinski definition) is 2. The summed E-state index contributed by atoms with van der Waals surface area (Å²) >= 11 is 1.24. The summed E-state index contributed by atoms with van der Waals surface area (Å²) in [4.78, 5) is 15.5. The molecule has 6 heteroatoms. The van der Waals surface area contributed by atoms with Gasteiger partial charge in [-0.1, -0.05) is 11.8 Å². The topological polar surface area (TPSA) is 85.5 Å². The Balaban J connectivity index is 3.33. The van der Waals surface area contributed by atoms with E-state index in [4.69, 9.17) is 5.26 Å². The van der Waals surface area contributed by atoms with Gasteiger partial charge in [0.05, 0.1) is 5.56 Å². The van der Waals surface area contributed by atoms with Gasteiger partial charge in [-0.15, -0.1) is 0 Å². The van der Waals surface area contributed by atoms with Crippen molar-refractivity contribution in [1.82, 2.24) is 5.32 Å². The lowest BCUT2D eigenvalue weighted by Crippen LogP contribution is -2.12. The summed E-state index contributed by atoms with van der Waals surface area (Å²) < 4.78 is 0. The maximum absolute atomic E-state index is 11.4. The lowest BCUT2D eigenvalue weighted by atomic mass is 10.1. The van der Waals surface area contributed by atoms with E-state index in [0.29, 0.717) is 5.17 Å². The van der Waals surface area contributed by atoms with Crippen LogP contribution in [0, 0.1) is 18.4 Å². The van der Waals surface area contributed by atoms with Crippen LogP contribution >= 0.6 is 11.8 Å². The molecule has 1 aromatic rings. The molecule has 0 saturated carbocycles. The predicted molar refractivity (Wildman–Crippen MR) is 72.2 cm³/mol. The molecule has 0 amide bonds. The average Bonchev–Trinajstić information content (AvgIpc) is 2.32. The van der Waals surface area contributed by atoms with Crippen LogP contribution in [0.2, 0.25) is 0 Å². The third kappa shape index (κ3) is 3.25. The van der Waals surface area contributed by atoms with E-state index in [0.717, 1.165) is 5.56 Å². The van der Waals surface area contributed by atoms with Crippen molar-refractivity contribution in [3.8, 4) is 11.9 Å². The first-order valence-corrected chi connectivity index (χ1v) is 6.34. The second-order valence-corrected chi connectivity index (χ2v) is 4.39. The first-order valence-electron chi connectivity index (χ1n) is 5.12. The van der Waals surface area contributed by atoms with E-state index in [9.17, 15) is 9.90 Å². The predicted octanol–water partition coefficient (Wildman–Crippen LogP) is 2.32. The largest absolute Gasteiger partial charge is 0.505 e. The fourth-order valence-corrected chi connectivity index (χ4v) is 1.73. The molecule has 2 N–H and O–H groups in total. The molecule has 0 spiro atoms. The summed E-state index contributed by atoms with van der Waals surface area (Å²) in [5.74, 6) is -0.397. The van der Waals surface area contributed by atoms with E-state index in [-0.39, 0.29) is 22.8 Å². The minimum Gasteiger partial charge on any atom is -0.505 e. The Labute approximate surface area is 110 Å². The zero-order valence-corrected chi connectivity index (χ0v) is 11.1. The Bertz CT molecular complexity index is 547. The summed E-state index contributed by atoms with van der Waals surface area (Å²) in [6.07, 6.45) is 3.51. The Hall–Kier alpha value is -2.00. The van der Waals surface area contributed by atoms with E-state index in [1.54, 1.807) is 31.5 Å². The summed E-state index contributed by atoms with van der Waals surface area (Å²) in [5.41, 5.74) is 1.31. The van der Waals surface area contributed by atoms with Gasteiger partial charge in [0.25, 0.3) is 0 Å². The molecule has 94 valence electrons. The molecule has 0 aliphatic heterocycles. The van der Waals surface area contributed by atoms with Crippen molar-refractivity contribution in [3.05, 3.63) is 23.3 Å². The highest BCUT2D eigenvalue weighted by Gasteiger charge is 2.12. The van der Waals surface area contributed by atoms with Crippen LogP contribution in [0.25, 0.3) is 0 Å². The van der Waals surface area contributed by atoms with Crippen LogP contribution in [0.5, 0.6) is 5.75 Å². The smallest absolute Gasteiger partial charge is 0.183 e. The summed E-state index contributed by atoms with van der Waals surface area (Å²) in [7, 11) is 0. The number of ketones is 1. The van der Waals surface area contributed by atoms with Crippen molar-refractivity contribution in [3.63, 3.8) is 0 Å². The van der Waals surface area contributed by atoms with Gasteiger partial charge in [-0.2, -0.15) is 5.26 Å². The molecule has 1 rings (SSSR count). The van der Waals surface area contributed by atoms with Gasteiger partial charge in [0.1, 0.15) is 5.69 Å². The van der Waals surface area contributed by atoms with E-state index in [2.05, 4.69) is 10.3 Å². The number of carbonyl (C=O) groups is 1. The highest BCUT2D eigenvalue weighted by Crippen LogP contribution is 2.32. The molecule has 0 unspecified atom stereocenters. The fourth-order valence-electron chi connectivity index (χ4n) is 1.40. The van der Waals surface area contributed by atoms with Gasteiger partial charge in [0.2, 0.25) is 0 Å². The number of aliphatic imine (C=N–C) groups is 1. The summed E-state index contributed by atoms with van der Waals surface area (Å²) in [5, 5.41) is 21.2. The second kappa shape index (κ2) is 6.07. The van der Waals surface area contributed by atoms with Gasteiger partial charge in [-0.3, -0.25) is 10.1 Å². The van der Waals surface area contributed by atoms with Crippen molar-refractivity contribution in [1.29, 1.82) is 5.26 Å². The number of phenolic OH excluding ortho intramolecular Hbond substituents is 1. The maximum atomic E-state index is 11.4. The SMILES string of the molecule is CSC(=Nc1cc(C)cc(C(C)=O)c1O)NC#N. The van der Waals surface area contributed by atoms with Crippen LogP contribution in [0.15, 0.2) is 17.1 Å². The van der Waals surface area contributed by atoms with Crippen molar-refractivity contribution in [2.24, 2.45) is 4.99 Å². The van der Waals surface area contributed by atoms with Gasteiger partial charge < -0.3 is 5.11 Å². The number of phenols is 1. The van der Waals surface area contributed by atoms with Crippen molar-refractivity contribution >= 4 is 28.4 Å². The third-order valence-corrected chi connectivity index (χ3v) is 2.77. The van der Waals surface area contributed by atoms with Gasteiger partial charge in [0.15, 0.2) is 22.9 Å². The Morgan fingerprint density at radius 2 is 2.22 bits per heavy atom. The highest BCUT2D eigenvalue weighted by atomic mass is 32.2. The van der Waals surface area contributed by atoms with Crippen molar-refractivity contribution in [2.45, 2.75) is 13.8 Å². The number of nitriles is 1. The Kier molecular flexibility index (Phi) is 4.75. The normalized spacial score (nSPS) is 10.9. The van der Waals surface area contributed by atoms with Crippen molar-refractivity contribution in [2.75, 3.05) is 6.26 Å². The van der Waals surface area contributed by atoms with Gasteiger partial charge in [-0.25, -0.2) is 4.99 Å². The molecular weight excluding hydrogens is 250 g/mol. The number of thioether (sulfide) groups is 1. The zero-order valence-electron chi connectivity index (χ0n) is 10.3. The molecule has 0 saturated heterocycles. The van der Waals surface area contributed by atoms with E-state index in [1.807, 2.05) is 0 Å². The highest BCUT2D eigenvalue weighted by molar-refractivity contribution is 8.13. The van der Waals surface area contributed by atoms with Crippen LogP contribution in [0.3, 0.4) is 0 Å². The number of nitrogens with zero attached hydrogens (tertiary/aromatic N) is 2. The molecule has 5 nitrogen and oxygen atoms in total. The summed E-state index contributed by atoms with van der Waals surface area (Å²) in [6.45, 7) is 3.19. The van der Waals surface area contributed by atoms with E-state index >= 15 is 0 Å². The zero-order chi connectivity index (χ0) is 13.7. The third-order valence-electron chi connectivity index (χ3n) is 2.19. The number of carbonyl (C=O) groups excluding carboxylic acids is 1. The average molecular weight is 263 g/mol. The molecule has 0 bridgehead atoms. The van der Waals surface area contributed by atoms with Crippen LogP contribution < -0.4 is 5.32 Å². The van der Waals surface area contributed by atoms with Gasteiger partial charge >= 0.3 is 0 Å². The van der Waals surface area contributed by atoms with E-state index in [1.165, 1.54) is 18.7 Å². The first kappa shape index (κ1) is 14.1.